The number of hydrogen-bond acceptors (Lipinski definition) is 1. The van der Waals surface area contributed by atoms with E-state index in [1.54, 1.807) is 0 Å². The fourth-order valence-electron chi connectivity index (χ4n) is 1.16. The van der Waals surface area contributed by atoms with Gasteiger partial charge in [-0.3, -0.25) is 0 Å². The Morgan fingerprint density at radius 2 is 1.92 bits per heavy atom. The molecule has 0 spiro atoms. The molecule has 0 bridgehead atoms. The molecule has 0 heterocycles. The molecule has 0 saturated carbocycles. The number of aliphatic hydroxyl groups excluding tert-OH is 1. The summed E-state index contributed by atoms with van der Waals surface area (Å²) in [5.74, 6) is 0.420. The topological polar surface area (TPSA) is 20.2 Å². The molecule has 0 aromatic heterocycles. The van der Waals surface area contributed by atoms with Crippen LogP contribution in [-0.4, -0.2) is 11.7 Å². The van der Waals surface area contributed by atoms with Gasteiger partial charge in [-0.2, -0.15) is 0 Å². The maximum absolute atomic E-state index is 8.93. The highest BCUT2D eigenvalue weighted by Crippen LogP contribution is 2.22. The van der Waals surface area contributed by atoms with Gasteiger partial charge < -0.3 is 5.11 Å². The summed E-state index contributed by atoms with van der Waals surface area (Å²) in [6, 6.07) is 10.1. The van der Waals surface area contributed by atoms with E-state index in [9.17, 15) is 0 Å². The first-order chi connectivity index (χ1) is 5.75. The molecule has 0 aliphatic rings. The molecule has 1 nitrogen and oxygen atoms in total. The van der Waals surface area contributed by atoms with Crippen LogP contribution in [0, 0.1) is 12.8 Å². The van der Waals surface area contributed by atoms with E-state index in [0.717, 1.165) is 0 Å². The molecule has 0 saturated heterocycles. The maximum Gasteiger partial charge on any atom is 0.0462 e. The van der Waals surface area contributed by atoms with Gasteiger partial charge in [0.25, 0.3) is 0 Å². The van der Waals surface area contributed by atoms with Gasteiger partial charge in [0.05, 0.1) is 0 Å². The predicted octanol–water partition coefficient (Wildman–Crippen LogP) is 2.23. The Bertz CT molecular complexity index is 218. The van der Waals surface area contributed by atoms with Crippen LogP contribution in [0.15, 0.2) is 30.3 Å². The van der Waals surface area contributed by atoms with Crippen molar-refractivity contribution >= 4 is 0 Å². The number of rotatable bonds is 3. The number of benzene rings is 1. The first kappa shape index (κ1) is 9.27. The lowest BCUT2D eigenvalue weighted by atomic mass is 9.90. The quantitative estimate of drug-likeness (QED) is 0.724. The minimum absolute atomic E-state index is 0.191. The summed E-state index contributed by atoms with van der Waals surface area (Å²) < 4.78 is 0. The average Bonchev–Trinajstić information content (AvgIpc) is 2.17. The predicted molar refractivity (Wildman–Crippen MR) is 50.8 cm³/mol. The van der Waals surface area contributed by atoms with Crippen LogP contribution >= 0.6 is 0 Å². The highest BCUT2D eigenvalue weighted by Gasteiger charge is 2.12. The molecule has 1 aromatic carbocycles. The first-order valence-corrected chi connectivity index (χ1v) is 4.24. The zero-order valence-corrected chi connectivity index (χ0v) is 7.40. The van der Waals surface area contributed by atoms with Gasteiger partial charge in [-0.05, 0) is 24.3 Å². The van der Waals surface area contributed by atoms with Gasteiger partial charge in [0.2, 0.25) is 0 Å². The van der Waals surface area contributed by atoms with Gasteiger partial charge in [0.1, 0.15) is 0 Å². The summed E-state index contributed by atoms with van der Waals surface area (Å²) >= 11 is 0. The second-order valence-electron chi connectivity index (χ2n) is 3.18. The Hall–Kier alpha value is -0.820. The minimum Gasteiger partial charge on any atom is -0.396 e. The van der Waals surface area contributed by atoms with Crippen LogP contribution in [0.2, 0.25) is 0 Å². The van der Waals surface area contributed by atoms with Crippen molar-refractivity contribution in [2.24, 2.45) is 5.92 Å². The molecule has 0 aliphatic carbocycles. The monoisotopic (exact) mass is 163 g/mol. The first-order valence-electron chi connectivity index (χ1n) is 4.24. The minimum atomic E-state index is 0.191. The van der Waals surface area contributed by atoms with Crippen LogP contribution in [0.1, 0.15) is 18.4 Å². The molecule has 65 valence electrons. The van der Waals surface area contributed by atoms with Gasteiger partial charge >= 0.3 is 0 Å². The summed E-state index contributed by atoms with van der Waals surface area (Å²) in [5.41, 5.74) is 1.19. The van der Waals surface area contributed by atoms with Crippen molar-refractivity contribution < 1.29 is 5.11 Å². The van der Waals surface area contributed by atoms with Crippen LogP contribution in [0.25, 0.3) is 0 Å². The standard InChI is InChI=1S/C11H15O/c1-9(8-12)10(2)11-6-4-3-5-7-11/h3-7,9-10,12H,2,8H2,1H3. The molecule has 2 atom stereocenters. The second-order valence-corrected chi connectivity index (χ2v) is 3.18. The van der Waals surface area contributed by atoms with E-state index in [-0.39, 0.29) is 18.4 Å². The normalized spacial score (nSPS) is 15.6. The average molecular weight is 163 g/mol. The van der Waals surface area contributed by atoms with Crippen molar-refractivity contribution in [1.82, 2.24) is 0 Å². The van der Waals surface area contributed by atoms with Crippen molar-refractivity contribution in [2.45, 2.75) is 12.8 Å². The molecule has 1 aromatic rings. The van der Waals surface area contributed by atoms with E-state index in [1.807, 2.05) is 37.3 Å². The van der Waals surface area contributed by atoms with Gasteiger partial charge in [-0.15, -0.1) is 0 Å². The zero-order chi connectivity index (χ0) is 8.97. The largest absolute Gasteiger partial charge is 0.396 e. The summed E-state index contributed by atoms with van der Waals surface area (Å²) in [5, 5.41) is 8.93. The summed E-state index contributed by atoms with van der Waals surface area (Å²) in [6.45, 7) is 6.22. The smallest absolute Gasteiger partial charge is 0.0462 e. The summed E-state index contributed by atoms with van der Waals surface area (Å²) in [6.07, 6.45) is 0. The van der Waals surface area contributed by atoms with Crippen LogP contribution in [0.4, 0.5) is 0 Å². The second kappa shape index (κ2) is 4.27. The maximum atomic E-state index is 8.93. The van der Waals surface area contributed by atoms with Crippen molar-refractivity contribution in [3.8, 4) is 0 Å². The third-order valence-electron chi connectivity index (χ3n) is 2.20. The zero-order valence-electron chi connectivity index (χ0n) is 7.40. The number of aliphatic hydroxyl groups is 1. The Morgan fingerprint density at radius 3 is 2.42 bits per heavy atom. The van der Waals surface area contributed by atoms with Crippen molar-refractivity contribution in [3.63, 3.8) is 0 Å². The molecular weight excluding hydrogens is 148 g/mol. The lowest BCUT2D eigenvalue weighted by Crippen LogP contribution is -2.10. The number of hydrogen-bond donors (Lipinski definition) is 1. The molecule has 12 heavy (non-hydrogen) atoms. The van der Waals surface area contributed by atoms with E-state index in [2.05, 4.69) is 6.92 Å². The molecule has 0 fully saturated rings. The molecule has 2 unspecified atom stereocenters. The molecular formula is C11H15O. The van der Waals surface area contributed by atoms with E-state index in [0.29, 0.717) is 0 Å². The van der Waals surface area contributed by atoms with Gasteiger partial charge in [0, 0.05) is 6.61 Å². The highest BCUT2D eigenvalue weighted by molar-refractivity contribution is 5.20. The Labute approximate surface area is 74.1 Å². The molecule has 1 rings (SSSR count). The third-order valence-corrected chi connectivity index (χ3v) is 2.20. The van der Waals surface area contributed by atoms with Gasteiger partial charge in [-0.25, -0.2) is 0 Å². The molecule has 0 aliphatic heterocycles. The van der Waals surface area contributed by atoms with Crippen molar-refractivity contribution in [1.29, 1.82) is 0 Å². The van der Waals surface area contributed by atoms with Crippen molar-refractivity contribution in [2.75, 3.05) is 6.61 Å². The molecule has 1 heteroatoms. The summed E-state index contributed by atoms with van der Waals surface area (Å²) in [7, 11) is 0. The van der Waals surface area contributed by atoms with E-state index >= 15 is 0 Å². The lowest BCUT2D eigenvalue weighted by molar-refractivity contribution is 0.226. The van der Waals surface area contributed by atoms with E-state index in [4.69, 9.17) is 5.11 Å². The third kappa shape index (κ3) is 2.08. The fraction of sp³-hybridized carbons (Fsp3) is 0.364. The van der Waals surface area contributed by atoms with E-state index < -0.39 is 0 Å². The van der Waals surface area contributed by atoms with Crippen LogP contribution in [0.5, 0.6) is 0 Å². The van der Waals surface area contributed by atoms with Crippen LogP contribution < -0.4 is 0 Å². The Morgan fingerprint density at radius 1 is 1.33 bits per heavy atom. The van der Waals surface area contributed by atoms with E-state index in [1.165, 1.54) is 5.56 Å². The highest BCUT2D eigenvalue weighted by atomic mass is 16.3. The fourth-order valence-corrected chi connectivity index (χ4v) is 1.16. The SMILES string of the molecule is [CH2]C(c1ccccc1)C(C)CO. The van der Waals surface area contributed by atoms with Gasteiger partial charge in [0.15, 0.2) is 0 Å². The summed E-state index contributed by atoms with van der Waals surface area (Å²) in [4.78, 5) is 0. The van der Waals surface area contributed by atoms with Crippen LogP contribution in [0.3, 0.4) is 0 Å². The molecule has 1 N–H and O–H groups in total. The molecule has 1 radical (unpaired) electrons. The lowest BCUT2D eigenvalue weighted by Gasteiger charge is -2.17. The Kier molecular flexibility index (Phi) is 3.30. The molecule has 0 amide bonds. The Balaban J connectivity index is 2.71. The van der Waals surface area contributed by atoms with Crippen LogP contribution in [-0.2, 0) is 0 Å². The van der Waals surface area contributed by atoms with Crippen molar-refractivity contribution in [3.05, 3.63) is 42.8 Å². The van der Waals surface area contributed by atoms with Gasteiger partial charge in [-0.1, -0.05) is 37.3 Å².